The summed E-state index contributed by atoms with van der Waals surface area (Å²) < 4.78 is 2.13. The molecule has 0 saturated heterocycles. The lowest BCUT2D eigenvalue weighted by Crippen LogP contribution is -2.03. The van der Waals surface area contributed by atoms with E-state index in [-0.39, 0.29) is 0 Å². The molecular formula is C12H15N3. The van der Waals surface area contributed by atoms with Crippen molar-refractivity contribution in [3.63, 3.8) is 0 Å². The molecule has 0 aliphatic rings. The van der Waals surface area contributed by atoms with Gasteiger partial charge < -0.3 is 10.3 Å². The van der Waals surface area contributed by atoms with E-state index in [1.807, 2.05) is 36.7 Å². The molecule has 0 aliphatic heterocycles. The molecule has 1 heterocycles. The summed E-state index contributed by atoms with van der Waals surface area (Å²) >= 11 is 0. The van der Waals surface area contributed by atoms with E-state index in [0.29, 0.717) is 0 Å². The van der Waals surface area contributed by atoms with Crippen LogP contribution >= 0.6 is 0 Å². The van der Waals surface area contributed by atoms with Crippen LogP contribution in [0.2, 0.25) is 0 Å². The van der Waals surface area contributed by atoms with Crippen molar-refractivity contribution in [3.05, 3.63) is 48.0 Å². The monoisotopic (exact) mass is 201 g/mol. The van der Waals surface area contributed by atoms with Crippen LogP contribution in [0.5, 0.6) is 0 Å². The molecule has 15 heavy (non-hydrogen) atoms. The van der Waals surface area contributed by atoms with Crippen molar-refractivity contribution in [2.75, 3.05) is 5.73 Å². The number of benzene rings is 1. The maximum Gasteiger partial charge on any atom is 0.113 e. The number of nitrogens with two attached hydrogens (primary N) is 1. The number of para-hydroxylation sites is 1. The molecule has 78 valence electrons. The quantitative estimate of drug-likeness (QED) is 0.773. The minimum Gasteiger partial charge on any atom is -0.398 e. The van der Waals surface area contributed by atoms with Crippen LogP contribution in [0.25, 0.3) is 0 Å². The van der Waals surface area contributed by atoms with Crippen molar-refractivity contribution in [1.29, 1.82) is 0 Å². The highest BCUT2D eigenvalue weighted by Crippen LogP contribution is 2.14. The van der Waals surface area contributed by atoms with Gasteiger partial charge in [-0.3, -0.25) is 0 Å². The van der Waals surface area contributed by atoms with Crippen LogP contribution in [-0.4, -0.2) is 9.55 Å². The first-order valence-corrected chi connectivity index (χ1v) is 5.14. The second-order valence-corrected chi connectivity index (χ2v) is 3.51. The lowest BCUT2D eigenvalue weighted by atomic mass is 10.1. The summed E-state index contributed by atoms with van der Waals surface area (Å²) in [4.78, 5) is 4.33. The van der Waals surface area contributed by atoms with Gasteiger partial charge in [0.15, 0.2) is 0 Å². The second-order valence-electron chi connectivity index (χ2n) is 3.51. The molecule has 0 saturated carbocycles. The highest BCUT2D eigenvalue weighted by Gasteiger charge is 2.04. The molecule has 1 aromatic heterocycles. The average Bonchev–Trinajstić information content (AvgIpc) is 2.69. The minimum absolute atomic E-state index is 0.799. The number of hydrogen-bond acceptors (Lipinski definition) is 2. The number of nitrogens with zero attached hydrogens (tertiary/aromatic N) is 2. The van der Waals surface area contributed by atoms with Crippen LogP contribution in [0, 0.1) is 0 Å². The molecule has 0 radical (unpaired) electrons. The highest BCUT2D eigenvalue weighted by molar-refractivity contribution is 5.47. The number of imidazole rings is 1. The van der Waals surface area contributed by atoms with Gasteiger partial charge in [0.1, 0.15) is 5.82 Å². The van der Waals surface area contributed by atoms with E-state index in [2.05, 4.69) is 16.5 Å². The molecular weight excluding hydrogens is 186 g/mol. The van der Waals surface area contributed by atoms with Crippen LogP contribution in [0.1, 0.15) is 18.3 Å². The maximum absolute atomic E-state index is 5.89. The van der Waals surface area contributed by atoms with Crippen LogP contribution < -0.4 is 5.73 Å². The summed E-state index contributed by atoms with van der Waals surface area (Å²) in [5, 5.41) is 0. The smallest absolute Gasteiger partial charge is 0.113 e. The summed E-state index contributed by atoms with van der Waals surface area (Å²) in [6.07, 6.45) is 4.62. The van der Waals surface area contributed by atoms with E-state index in [4.69, 9.17) is 5.73 Å². The summed E-state index contributed by atoms with van der Waals surface area (Å²) in [6.45, 7) is 3.06. The zero-order chi connectivity index (χ0) is 10.7. The third-order valence-corrected chi connectivity index (χ3v) is 2.55. The fourth-order valence-corrected chi connectivity index (χ4v) is 1.66. The fourth-order valence-electron chi connectivity index (χ4n) is 1.66. The Labute approximate surface area is 89.6 Å². The van der Waals surface area contributed by atoms with Crippen molar-refractivity contribution < 1.29 is 0 Å². The van der Waals surface area contributed by atoms with Crippen LogP contribution in [0.4, 0.5) is 5.69 Å². The zero-order valence-corrected chi connectivity index (χ0v) is 8.85. The van der Waals surface area contributed by atoms with Gasteiger partial charge in [-0.25, -0.2) is 4.98 Å². The Hall–Kier alpha value is -1.77. The molecule has 2 rings (SSSR count). The topological polar surface area (TPSA) is 43.8 Å². The summed E-state index contributed by atoms with van der Waals surface area (Å²) in [7, 11) is 0. The number of aromatic nitrogens is 2. The minimum atomic E-state index is 0.799. The molecule has 0 atom stereocenters. The summed E-state index contributed by atoms with van der Waals surface area (Å²) in [6, 6.07) is 7.93. The second kappa shape index (κ2) is 4.17. The van der Waals surface area contributed by atoms with Gasteiger partial charge in [-0.15, -0.1) is 0 Å². The Bertz CT molecular complexity index is 446. The Morgan fingerprint density at radius 2 is 2.13 bits per heavy atom. The highest BCUT2D eigenvalue weighted by atomic mass is 15.0. The molecule has 1 aromatic carbocycles. The van der Waals surface area contributed by atoms with Gasteiger partial charge in [0.25, 0.3) is 0 Å². The first-order valence-electron chi connectivity index (χ1n) is 5.14. The van der Waals surface area contributed by atoms with Gasteiger partial charge in [0.05, 0.1) is 0 Å². The Balaban J connectivity index is 2.26. The van der Waals surface area contributed by atoms with Crippen LogP contribution in [0.15, 0.2) is 36.7 Å². The van der Waals surface area contributed by atoms with Gasteiger partial charge in [-0.2, -0.15) is 0 Å². The number of nitrogen functional groups attached to an aromatic ring is 1. The van der Waals surface area contributed by atoms with Crippen molar-refractivity contribution in [2.24, 2.45) is 0 Å². The van der Waals surface area contributed by atoms with E-state index in [9.17, 15) is 0 Å². The van der Waals surface area contributed by atoms with Gasteiger partial charge in [0, 0.05) is 31.0 Å². The number of anilines is 1. The van der Waals surface area contributed by atoms with Gasteiger partial charge >= 0.3 is 0 Å². The first kappa shape index (κ1) is 9.77. The number of hydrogen-bond donors (Lipinski definition) is 1. The largest absolute Gasteiger partial charge is 0.398 e. The van der Waals surface area contributed by atoms with Crippen LogP contribution in [0.3, 0.4) is 0 Å². The molecule has 0 unspecified atom stereocenters. The van der Waals surface area contributed by atoms with Crippen molar-refractivity contribution in [2.45, 2.75) is 19.9 Å². The zero-order valence-electron chi connectivity index (χ0n) is 8.85. The van der Waals surface area contributed by atoms with E-state index in [1.165, 1.54) is 0 Å². The third kappa shape index (κ3) is 2.01. The van der Waals surface area contributed by atoms with Gasteiger partial charge in [0.2, 0.25) is 0 Å². The molecule has 0 aliphatic carbocycles. The van der Waals surface area contributed by atoms with Crippen molar-refractivity contribution >= 4 is 5.69 Å². The Morgan fingerprint density at radius 1 is 1.33 bits per heavy atom. The standard InChI is InChI=1S/C12H15N3/c1-2-15-8-7-14-12(15)9-10-5-3-4-6-11(10)13/h3-8H,2,9,13H2,1H3. The Morgan fingerprint density at radius 3 is 2.87 bits per heavy atom. The number of aryl methyl sites for hydroxylation is 1. The van der Waals surface area contributed by atoms with Crippen molar-refractivity contribution in [1.82, 2.24) is 9.55 Å². The summed E-state index contributed by atoms with van der Waals surface area (Å²) in [5.74, 6) is 1.07. The molecule has 3 nitrogen and oxygen atoms in total. The lowest BCUT2D eigenvalue weighted by Gasteiger charge is -2.06. The third-order valence-electron chi connectivity index (χ3n) is 2.55. The summed E-state index contributed by atoms with van der Waals surface area (Å²) in [5.41, 5.74) is 7.87. The molecule has 0 spiro atoms. The predicted molar refractivity (Wildman–Crippen MR) is 61.6 cm³/mol. The molecule has 2 aromatic rings. The molecule has 3 heteroatoms. The van der Waals surface area contributed by atoms with Gasteiger partial charge in [-0.05, 0) is 18.6 Å². The number of rotatable bonds is 3. The fraction of sp³-hybridized carbons (Fsp3) is 0.250. The van der Waals surface area contributed by atoms with E-state index in [0.717, 1.165) is 30.0 Å². The normalized spacial score (nSPS) is 10.5. The van der Waals surface area contributed by atoms with E-state index in [1.54, 1.807) is 0 Å². The predicted octanol–water partition coefficient (Wildman–Crippen LogP) is 2.08. The van der Waals surface area contributed by atoms with Gasteiger partial charge in [-0.1, -0.05) is 18.2 Å². The van der Waals surface area contributed by atoms with Crippen LogP contribution in [-0.2, 0) is 13.0 Å². The molecule has 0 fully saturated rings. The van der Waals surface area contributed by atoms with Crippen molar-refractivity contribution in [3.8, 4) is 0 Å². The van der Waals surface area contributed by atoms with E-state index < -0.39 is 0 Å². The average molecular weight is 201 g/mol. The SMILES string of the molecule is CCn1ccnc1Cc1ccccc1N. The first-order chi connectivity index (χ1) is 7.31. The molecule has 0 amide bonds. The van der Waals surface area contributed by atoms with E-state index >= 15 is 0 Å². The lowest BCUT2D eigenvalue weighted by molar-refractivity contribution is 0.712. The Kier molecular flexibility index (Phi) is 2.72. The molecule has 0 bridgehead atoms. The molecule has 2 N–H and O–H groups in total. The maximum atomic E-state index is 5.89.